The number of rotatable bonds is 4. The van der Waals surface area contributed by atoms with Gasteiger partial charge >= 0.3 is 0 Å². The van der Waals surface area contributed by atoms with Gasteiger partial charge in [-0.05, 0) is 20.8 Å². The molecule has 7 nitrogen and oxygen atoms in total. The van der Waals surface area contributed by atoms with Crippen molar-refractivity contribution in [3.8, 4) is 0 Å². The van der Waals surface area contributed by atoms with Crippen LogP contribution in [0.5, 0.6) is 0 Å². The van der Waals surface area contributed by atoms with Crippen LogP contribution in [0.2, 0.25) is 0 Å². The Morgan fingerprint density at radius 2 is 1.88 bits per heavy atom. The highest BCUT2D eigenvalue weighted by atomic mass is 16.2. The first-order valence-corrected chi connectivity index (χ1v) is 8.96. The quantitative estimate of drug-likeness (QED) is 0.810. The second-order valence-electron chi connectivity index (χ2n) is 7.09. The van der Waals surface area contributed by atoms with Gasteiger partial charge in [0.15, 0.2) is 0 Å². The van der Waals surface area contributed by atoms with Crippen molar-refractivity contribution in [2.75, 3.05) is 40.3 Å². The number of hydrogen-bond donors (Lipinski definition) is 0. The van der Waals surface area contributed by atoms with Crippen LogP contribution in [0.4, 0.5) is 0 Å². The van der Waals surface area contributed by atoms with E-state index in [9.17, 15) is 9.59 Å². The number of carbonyl (C=O) groups excluding carboxylic acids is 2. The molecule has 7 heteroatoms. The van der Waals surface area contributed by atoms with Crippen molar-refractivity contribution < 1.29 is 9.59 Å². The lowest BCUT2D eigenvalue weighted by Crippen LogP contribution is -2.41. The van der Waals surface area contributed by atoms with Crippen LogP contribution >= 0.6 is 0 Å². The Morgan fingerprint density at radius 1 is 1.20 bits per heavy atom. The molecule has 0 radical (unpaired) electrons. The maximum absolute atomic E-state index is 12.5. The van der Waals surface area contributed by atoms with E-state index in [-0.39, 0.29) is 17.7 Å². The van der Waals surface area contributed by atoms with Crippen LogP contribution in [0.3, 0.4) is 0 Å². The maximum atomic E-state index is 12.5. The molecule has 2 amide bonds. The van der Waals surface area contributed by atoms with Crippen LogP contribution < -0.4 is 0 Å². The van der Waals surface area contributed by atoms with E-state index in [1.807, 2.05) is 11.6 Å². The van der Waals surface area contributed by atoms with Crippen LogP contribution in [-0.4, -0.2) is 76.6 Å². The maximum Gasteiger partial charge on any atom is 0.228 e. The van der Waals surface area contributed by atoms with E-state index in [0.29, 0.717) is 19.6 Å². The second kappa shape index (κ2) is 7.99. The average Bonchev–Trinajstić information content (AvgIpc) is 2.74. The van der Waals surface area contributed by atoms with Crippen LogP contribution in [-0.2, 0) is 22.7 Å². The SMILES string of the molecule is CCn1nc(C)c(CN2CCN(C(C)=O)CC(C(=O)N(C)C)C2)c1C. The molecule has 1 saturated heterocycles. The Hall–Kier alpha value is -1.89. The number of hydrogen-bond acceptors (Lipinski definition) is 4. The van der Waals surface area contributed by atoms with E-state index in [4.69, 9.17) is 0 Å². The van der Waals surface area contributed by atoms with Crippen molar-refractivity contribution in [1.29, 1.82) is 0 Å². The first kappa shape index (κ1) is 19.4. The number of nitrogens with zero attached hydrogens (tertiary/aromatic N) is 5. The normalized spacial score (nSPS) is 19.0. The van der Waals surface area contributed by atoms with E-state index in [1.165, 1.54) is 11.3 Å². The third-order valence-corrected chi connectivity index (χ3v) is 5.05. The summed E-state index contributed by atoms with van der Waals surface area (Å²) in [5, 5.41) is 4.59. The molecule has 1 aliphatic heterocycles. The summed E-state index contributed by atoms with van der Waals surface area (Å²) in [7, 11) is 3.55. The molecule has 1 aromatic rings. The first-order chi connectivity index (χ1) is 11.7. The Balaban J connectivity index is 2.21. The third kappa shape index (κ3) is 4.39. The summed E-state index contributed by atoms with van der Waals surface area (Å²) in [4.78, 5) is 30.1. The first-order valence-electron chi connectivity index (χ1n) is 8.96. The molecule has 1 aliphatic rings. The van der Waals surface area contributed by atoms with Crippen LogP contribution in [0.15, 0.2) is 0 Å². The lowest BCUT2D eigenvalue weighted by atomic mass is 10.1. The van der Waals surface area contributed by atoms with Crippen molar-refractivity contribution in [3.63, 3.8) is 0 Å². The summed E-state index contributed by atoms with van der Waals surface area (Å²) >= 11 is 0. The zero-order chi connectivity index (χ0) is 18.7. The molecule has 140 valence electrons. The molecule has 0 saturated carbocycles. The Kier molecular flexibility index (Phi) is 6.21. The van der Waals surface area contributed by atoms with E-state index in [2.05, 4.69) is 23.8 Å². The van der Waals surface area contributed by atoms with Crippen LogP contribution in [0.1, 0.15) is 30.8 Å². The van der Waals surface area contributed by atoms with Gasteiger partial charge in [-0.25, -0.2) is 0 Å². The molecule has 0 spiro atoms. The molecule has 2 heterocycles. The number of amides is 2. The molecule has 25 heavy (non-hydrogen) atoms. The molecule has 0 bridgehead atoms. The van der Waals surface area contributed by atoms with E-state index in [0.717, 1.165) is 25.3 Å². The summed E-state index contributed by atoms with van der Waals surface area (Å²) in [6.45, 7) is 12.0. The fourth-order valence-corrected chi connectivity index (χ4v) is 3.53. The van der Waals surface area contributed by atoms with Gasteiger partial charge in [-0.2, -0.15) is 5.10 Å². The largest absolute Gasteiger partial charge is 0.348 e. The predicted octanol–water partition coefficient (Wildman–Crippen LogP) is 0.888. The molecule has 1 aromatic heterocycles. The average molecular weight is 349 g/mol. The Bertz CT molecular complexity index is 638. The minimum Gasteiger partial charge on any atom is -0.348 e. The van der Waals surface area contributed by atoms with Gasteiger partial charge in [0.25, 0.3) is 0 Å². The molecular formula is C18H31N5O2. The zero-order valence-electron chi connectivity index (χ0n) is 16.4. The predicted molar refractivity (Wildman–Crippen MR) is 97.1 cm³/mol. The van der Waals surface area contributed by atoms with Crippen molar-refractivity contribution in [3.05, 3.63) is 17.0 Å². The minimum atomic E-state index is -0.191. The summed E-state index contributed by atoms with van der Waals surface area (Å²) in [5.41, 5.74) is 3.46. The minimum absolute atomic E-state index is 0.0320. The van der Waals surface area contributed by atoms with Crippen molar-refractivity contribution in [2.45, 2.75) is 40.8 Å². The van der Waals surface area contributed by atoms with E-state index >= 15 is 0 Å². The molecule has 0 aliphatic carbocycles. The van der Waals surface area contributed by atoms with E-state index in [1.54, 1.807) is 30.8 Å². The summed E-state index contributed by atoms with van der Waals surface area (Å²) in [6, 6.07) is 0. The molecule has 0 aromatic carbocycles. The highest BCUT2D eigenvalue weighted by Crippen LogP contribution is 2.19. The summed E-state index contributed by atoms with van der Waals surface area (Å²) in [6.07, 6.45) is 0. The van der Waals surface area contributed by atoms with Gasteiger partial charge in [-0.1, -0.05) is 0 Å². The van der Waals surface area contributed by atoms with Crippen molar-refractivity contribution >= 4 is 11.8 Å². The number of aromatic nitrogens is 2. The van der Waals surface area contributed by atoms with Gasteiger partial charge in [0.2, 0.25) is 11.8 Å². The number of aryl methyl sites for hydroxylation is 2. The molecular weight excluding hydrogens is 318 g/mol. The van der Waals surface area contributed by atoms with Gasteiger partial charge in [0, 0.05) is 71.5 Å². The van der Waals surface area contributed by atoms with Gasteiger partial charge in [0.05, 0.1) is 11.6 Å². The Morgan fingerprint density at radius 3 is 2.40 bits per heavy atom. The van der Waals surface area contributed by atoms with Crippen LogP contribution in [0.25, 0.3) is 0 Å². The van der Waals surface area contributed by atoms with Crippen molar-refractivity contribution in [1.82, 2.24) is 24.5 Å². The molecule has 2 rings (SSSR count). The fraction of sp³-hybridized carbons (Fsp3) is 0.722. The molecule has 1 unspecified atom stereocenters. The topological polar surface area (TPSA) is 61.7 Å². The van der Waals surface area contributed by atoms with E-state index < -0.39 is 0 Å². The zero-order valence-corrected chi connectivity index (χ0v) is 16.4. The van der Waals surface area contributed by atoms with Crippen molar-refractivity contribution in [2.24, 2.45) is 5.92 Å². The molecule has 0 N–H and O–H groups in total. The highest BCUT2D eigenvalue weighted by molar-refractivity contribution is 5.80. The summed E-state index contributed by atoms with van der Waals surface area (Å²) in [5.74, 6) is -0.0800. The van der Waals surface area contributed by atoms with Gasteiger partial charge in [0.1, 0.15) is 0 Å². The monoisotopic (exact) mass is 349 g/mol. The molecule has 1 atom stereocenters. The van der Waals surface area contributed by atoms with Crippen LogP contribution in [0, 0.1) is 19.8 Å². The smallest absolute Gasteiger partial charge is 0.228 e. The Labute approximate surface area is 150 Å². The third-order valence-electron chi connectivity index (χ3n) is 5.05. The van der Waals surface area contributed by atoms with Gasteiger partial charge < -0.3 is 9.80 Å². The summed E-state index contributed by atoms with van der Waals surface area (Å²) < 4.78 is 2.02. The standard InChI is InChI=1S/C18H31N5O2/c1-7-23-14(3)17(13(2)19-23)12-21-8-9-22(15(4)24)11-16(10-21)18(25)20(5)6/h16H,7-12H2,1-6H3. The highest BCUT2D eigenvalue weighted by Gasteiger charge is 2.30. The fourth-order valence-electron chi connectivity index (χ4n) is 3.53. The number of carbonyl (C=O) groups is 2. The lowest BCUT2D eigenvalue weighted by Gasteiger charge is -2.25. The molecule has 1 fully saturated rings. The van der Waals surface area contributed by atoms with Gasteiger partial charge in [-0.15, -0.1) is 0 Å². The second-order valence-corrected chi connectivity index (χ2v) is 7.09. The van der Waals surface area contributed by atoms with Gasteiger partial charge in [-0.3, -0.25) is 19.2 Å². The lowest BCUT2D eigenvalue weighted by molar-refractivity contribution is -0.135.